The molecule has 0 aliphatic heterocycles. The molecule has 100 valence electrons. The maximum atomic E-state index is 3.70. The lowest BCUT2D eigenvalue weighted by molar-refractivity contribution is 0.494. The van der Waals surface area contributed by atoms with Gasteiger partial charge in [-0.2, -0.15) is 0 Å². The normalized spacial score (nSPS) is 16.8. The summed E-state index contributed by atoms with van der Waals surface area (Å²) in [5.74, 6) is 2.22. The fourth-order valence-corrected chi connectivity index (χ4v) is 3.12. The molecule has 0 radical (unpaired) electrons. The first-order valence-corrected chi connectivity index (χ1v) is 8.19. The zero-order chi connectivity index (χ0) is 12.8. The van der Waals surface area contributed by atoms with Crippen LogP contribution in [-0.2, 0) is 0 Å². The third kappa shape index (κ3) is 5.03. The topological polar surface area (TPSA) is 12.0 Å². The molecule has 0 bridgehead atoms. The van der Waals surface area contributed by atoms with Gasteiger partial charge in [-0.1, -0.05) is 37.5 Å². The average Bonchev–Trinajstić information content (AvgIpc) is 3.18. The number of rotatable bonds is 8. The largest absolute Gasteiger partial charge is 0.313 e. The summed E-state index contributed by atoms with van der Waals surface area (Å²) < 4.78 is 0. The third-order valence-electron chi connectivity index (χ3n) is 3.47. The van der Waals surface area contributed by atoms with Gasteiger partial charge in [0, 0.05) is 16.7 Å². The van der Waals surface area contributed by atoms with Crippen molar-refractivity contribution in [2.75, 3.05) is 12.3 Å². The lowest BCUT2D eigenvalue weighted by atomic mass is 10.1. The zero-order valence-corrected chi connectivity index (χ0v) is 12.4. The maximum absolute atomic E-state index is 3.70. The number of hydrogen-bond donors (Lipinski definition) is 1. The van der Waals surface area contributed by atoms with Gasteiger partial charge in [-0.3, -0.25) is 0 Å². The third-order valence-corrected chi connectivity index (χ3v) is 4.64. The highest BCUT2D eigenvalue weighted by atomic mass is 32.2. The number of hydrogen-bond acceptors (Lipinski definition) is 2. The quantitative estimate of drug-likeness (QED) is 0.704. The van der Waals surface area contributed by atoms with E-state index in [-0.39, 0.29) is 0 Å². The van der Waals surface area contributed by atoms with Crippen LogP contribution in [0.1, 0.15) is 38.2 Å². The van der Waals surface area contributed by atoms with Crippen molar-refractivity contribution in [3.63, 3.8) is 0 Å². The van der Waals surface area contributed by atoms with Gasteiger partial charge in [-0.15, -0.1) is 11.8 Å². The molecule has 2 rings (SSSR count). The predicted octanol–water partition coefficient (Wildman–Crippen LogP) is 4.26. The lowest BCUT2D eigenvalue weighted by Crippen LogP contribution is -2.32. The van der Waals surface area contributed by atoms with Crippen molar-refractivity contribution in [2.24, 2.45) is 5.92 Å². The Labute approximate surface area is 116 Å². The van der Waals surface area contributed by atoms with Gasteiger partial charge in [-0.05, 0) is 44.4 Å². The van der Waals surface area contributed by atoms with Gasteiger partial charge >= 0.3 is 0 Å². The van der Waals surface area contributed by atoms with Crippen molar-refractivity contribution in [1.29, 1.82) is 0 Å². The monoisotopic (exact) mass is 263 g/mol. The first-order chi connectivity index (χ1) is 8.78. The van der Waals surface area contributed by atoms with E-state index in [9.17, 15) is 0 Å². The molecule has 1 nitrogen and oxygen atoms in total. The highest BCUT2D eigenvalue weighted by Gasteiger charge is 2.25. The summed E-state index contributed by atoms with van der Waals surface area (Å²) in [6.45, 7) is 5.55. The minimum Gasteiger partial charge on any atom is -0.313 e. The maximum Gasteiger partial charge on any atom is 0.0164 e. The van der Waals surface area contributed by atoms with Crippen LogP contribution in [0.25, 0.3) is 0 Å². The van der Waals surface area contributed by atoms with Crippen LogP contribution in [0.15, 0.2) is 29.2 Å². The van der Waals surface area contributed by atoms with E-state index in [4.69, 9.17) is 0 Å². The van der Waals surface area contributed by atoms with Crippen LogP contribution in [-0.4, -0.2) is 18.3 Å². The number of benzene rings is 1. The molecular formula is C16H25NS. The van der Waals surface area contributed by atoms with E-state index in [1.54, 1.807) is 0 Å². The van der Waals surface area contributed by atoms with E-state index >= 15 is 0 Å². The van der Waals surface area contributed by atoms with Gasteiger partial charge in [0.05, 0.1) is 0 Å². The van der Waals surface area contributed by atoms with Crippen molar-refractivity contribution in [3.8, 4) is 0 Å². The van der Waals surface area contributed by atoms with E-state index in [0.29, 0.717) is 6.04 Å². The highest BCUT2D eigenvalue weighted by Crippen LogP contribution is 2.34. The van der Waals surface area contributed by atoms with E-state index < -0.39 is 0 Å². The predicted molar refractivity (Wildman–Crippen MR) is 81.3 cm³/mol. The van der Waals surface area contributed by atoms with E-state index in [0.717, 1.165) is 12.5 Å². The Bertz CT molecular complexity index is 343. The van der Waals surface area contributed by atoms with Crippen LogP contribution in [0, 0.1) is 12.8 Å². The second-order valence-corrected chi connectivity index (χ2v) is 6.55. The smallest absolute Gasteiger partial charge is 0.0164 e. The Morgan fingerprint density at radius 3 is 2.61 bits per heavy atom. The summed E-state index contributed by atoms with van der Waals surface area (Å²) in [4.78, 5) is 1.40. The van der Waals surface area contributed by atoms with Crippen molar-refractivity contribution >= 4 is 11.8 Å². The molecule has 0 heterocycles. The van der Waals surface area contributed by atoms with Gasteiger partial charge < -0.3 is 5.32 Å². The minimum absolute atomic E-state index is 0.698. The Morgan fingerprint density at radius 1 is 1.28 bits per heavy atom. The van der Waals surface area contributed by atoms with Crippen LogP contribution in [0.2, 0.25) is 0 Å². The molecule has 1 aliphatic rings. The second-order valence-electron chi connectivity index (χ2n) is 5.45. The lowest BCUT2D eigenvalue weighted by Gasteiger charge is -2.18. The SMILES string of the molecule is CCCNC(CSc1ccc(C)cc1)CC1CC1. The van der Waals surface area contributed by atoms with Crippen LogP contribution >= 0.6 is 11.8 Å². The van der Waals surface area contributed by atoms with Crippen molar-refractivity contribution in [3.05, 3.63) is 29.8 Å². The summed E-state index contributed by atoms with van der Waals surface area (Å²) >= 11 is 1.99. The van der Waals surface area contributed by atoms with Gasteiger partial charge in [-0.25, -0.2) is 0 Å². The number of nitrogens with one attached hydrogen (secondary N) is 1. The second kappa shape index (κ2) is 7.20. The first kappa shape index (κ1) is 14.0. The van der Waals surface area contributed by atoms with Gasteiger partial charge in [0.1, 0.15) is 0 Å². The van der Waals surface area contributed by atoms with Crippen molar-refractivity contribution in [1.82, 2.24) is 5.32 Å². The molecule has 1 fully saturated rings. The molecule has 1 aliphatic carbocycles. The fraction of sp³-hybridized carbons (Fsp3) is 0.625. The molecule has 1 saturated carbocycles. The van der Waals surface area contributed by atoms with Crippen LogP contribution in [0.4, 0.5) is 0 Å². The standard InChI is InChI=1S/C16H25NS/c1-3-10-17-15(11-14-6-7-14)12-18-16-8-4-13(2)5-9-16/h4-5,8-9,14-15,17H,3,6-7,10-12H2,1-2H3. The fourth-order valence-electron chi connectivity index (χ4n) is 2.15. The summed E-state index contributed by atoms with van der Waals surface area (Å²) in [7, 11) is 0. The van der Waals surface area contributed by atoms with E-state index in [2.05, 4.69) is 43.4 Å². The van der Waals surface area contributed by atoms with Crippen molar-refractivity contribution < 1.29 is 0 Å². The molecule has 1 unspecified atom stereocenters. The zero-order valence-electron chi connectivity index (χ0n) is 11.6. The number of thioether (sulfide) groups is 1. The molecule has 0 aromatic heterocycles. The first-order valence-electron chi connectivity index (χ1n) is 7.20. The van der Waals surface area contributed by atoms with Gasteiger partial charge in [0.15, 0.2) is 0 Å². The molecular weight excluding hydrogens is 238 g/mol. The van der Waals surface area contributed by atoms with Crippen LogP contribution < -0.4 is 5.32 Å². The molecule has 18 heavy (non-hydrogen) atoms. The molecule has 1 N–H and O–H groups in total. The molecule has 0 spiro atoms. The molecule has 2 heteroatoms. The number of aryl methyl sites for hydroxylation is 1. The molecule has 0 saturated heterocycles. The van der Waals surface area contributed by atoms with Gasteiger partial charge in [0.2, 0.25) is 0 Å². The Morgan fingerprint density at radius 2 is 2.00 bits per heavy atom. The summed E-state index contributed by atoms with van der Waals surface area (Å²) in [6.07, 6.45) is 5.52. The molecule has 1 aromatic rings. The van der Waals surface area contributed by atoms with Crippen LogP contribution in [0.3, 0.4) is 0 Å². The molecule has 1 aromatic carbocycles. The average molecular weight is 263 g/mol. The Hall–Kier alpha value is -0.470. The highest BCUT2D eigenvalue weighted by molar-refractivity contribution is 7.99. The van der Waals surface area contributed by atoms with Crippen molar-refractivity contribution in [2.45, 2.75) is 50.5 Å². The minimum atomic E-state index is 0.698. The molecule has 1 atom stereocenters. The van der Waals surface area contributed by atoms with E-state index in [1.807, 2.05) is 11.8 Å². The Balaban J connectivity index is 1.77. The molecule has 0 amide bonds. The summed E-state index contributed by atoms with van der Waals surface area (Å²) in [5, 5.41) is 3.70. The Kier molecular flexibility index (Phi) is 5.58. The summed E-state index contributed by atoms with van der Waals surface area (Å²) in [5.41, 5.74) is 1.35. The van der Waals surface area contributed by atoms with Crippen LogP contribution in [0.5, 0.6) is 0 Å². The summed E-state index contributed by atoms with van der Waals surface area (Å²) in [6, 6.07) is 9.60. The van der Waals surface area contributed by atoms with Gasteiger partial charge in [0.25, 0.3) is 0 Å². The van der Waals surface area contributed by atoms with E-state index in [1.165, 1.54) is 41.9 Å².